The van der Waals surface area contributed by atoms with Crippen molar-refractivity contribution < 1.29 is 14.9 Å². The number of nitrogens with one attached hydrogen (secondary N) is 1. The smallest absolute Gasteiger partial charge is 0.319 e. The second-order valence-corrected chi connectivity index (χ2v) is 8.41. The Balaban J connectivity index is 1.52. The van der Waals surface area contributed by atoms with Gasteiger partial charge in [0, 0.05) is 43.2 Å². The minimum Gasteiger partial charge on any atom is -0.507 e. The molecule has 4 aromatic rings. The van der Waals surface area contributed by atoms with Crippen LogP contribution in [-0.2, 0) is 11.2 Å². The van der Waals surface area contributed by atoms with E-state index in [1.807, 2.05) is 44.4 Å². The molecule has 1 fully saturated rings. The SMILES string of the molecule is CN(C)CCc1n[nH]c2cc(O)c(-c3nnc(O)n3-c3ccc(N4CCOCC4)cc3)cc12. The van der Waals surface area contributed by atoms with E-state index in [9.17, 15) is 10.2 Å². The van der Waals surface area contributed by atoms with E-state index < -0.39 is 0 Å². The number of phenols is 1. The molecule has 3 N–H and O–H groups in total. The molecule has 1 aliphatic heterocycles. The third-order valence-electron chi connectivity index (χ3n) is 5.92. The number of anilines is 1. The first-order valence-corrected chi connectivity index (χ1v) is 10.9. The van der Waals surface area contributed by atoms with Gasteiger partial charge in [0.25, 0.3) is 0 Å². The minimum absolute atomic E-state index is 0.0314. The molecule has 2 aromatic carbocycles. The van der Waals surface area contributed by atoms with Crippen molar-refractivity contribution in [1.82, 2.24) is 29.9 Å². The van der Waals surface area contributed by atoms with Crippen molar-refractivity contribution in [2.24, 2.45) is 0 Å². The summed E-state index contributed by atoms with van der Waals surface area (Å²) in [6.45, 7) is 3.96. The Bertz CT molecular complexity index is 1260. The Labute approximate surface area is 191 Å². The molecular formula is C23H27N7O3. The third-order valence-corrected chi connectivity index (χ3v) is 5.92. The van der Waals surface area contributed by atoms with Gasteiger partial charge in [0.1, 0.15) is 5.75 Å². The molecule has 3 heterocycles. The van der Waals surface area contributed by atoms with Crippen molar-refractivity contribution in [2.45, 2.75) is 6.42 Å². The Morgan fingerprint density at radius 3 is 2.48 bits per heavy atom. The minimum atomic E-state index is -0.247. The second kappa shape index (κ2) is 8.72. The van der Waals surface area contributed by atoms with E-state index in [2.05, 4.69) is 30.2 Å². The molecule has 0 spiro atoms. The van der Waals surface area contributed by atoms with E-state index in [4.69, 9.17) is 4.74 Å². The maximum atomic E-state index is 10.7. The van der Waals surface area contributed by atoms with Gasteiger partial charge >= 0.3 is 6.01 Å². The van der Waals surface area contributed by atoms with Crippen LogP contribution in [-0.4, -0.2) is 87.0 Å². The molecule has 10 heteroatoms. The molecule has 0 amide bonds. The maximum Gasteiger partial charge on any atom is 0.319 e. The Morgan fingerprint density at radius 2 is 1.76 bits per heavy atom. The van der Waals surface area contributed by atoms with E-state index in [1.165, 1.54) is 4.57 Å². The zero-order valence-electron chi connectivity index (χ0n) is 18.7. The van der Waals surface area contributed by atoms with Gasteiger partial charge in [0.15, 0.2) is 5.82 Å². The third kappa shape index (κ3) is 4.10. The lowest BCUT2D eigenvalue weighted by atomic mass is 10.1. The van der Waals surface area contributed by atoms with Crippen LogP contribution in [0.4, 0.5) is 5.69 Å². The second-order valence-electron chi connectivity index (χ2n) is 8.41. The first kappa shape index (κ1) is 21.2. The van der Waals surface area contributed by atoms with Gasteiger partial charge in [-0.15, -0.1) is 5.10 Å². The van der Waals surface area contributed by atoms with Gasteiger partial charge in [-0.2, -0.15) is 5.10 Å². The molecule has 10 nitrogen and oxygen atoms in total. The number of fused-ring (bicyclic) bond motifs is 1. The lowest BCUT2D eigenvalue weighted by Gasteiger charge is -2.29. The lowest BCUT2D eigenvalue weighted by Crippen LogP contribution is -2.36. The summed E-state index contributed by atoms with van der Waals surface area (Å²) in [4.78, 5) is 4.35. The highest BCUT2D eigenvalue weighted by Gasteiger charge is 2.20. The number of hydrogen-bond donors (Lipinski definition) is 3. The van der Waals surface area contributed by atoms with Gasteiger partial charge in [-0.25, -0.2) is 4.57 Å². The predicted molar refractivity (Wildman–Crippen MR) is 125 cm³/mol. The number of likely N-dealkylation sites (N-methyl/N-ethyl adjacent to an activating group) is 1. The van der Waals surface area contributed by atoms with Crippen LogP contribution in [0.1, 0.15) is 5.69 Å². The molecule has 1 saturated heterocycles. The van der Waals surface area contributed by atoms with Crippen molar-refractivity contribution in [3.8, 4) is 28.8 Å². The van der Waals surface area contributed by atoms with Crippen LogP contribution in [0.25, 0.3) is 28.0 Å². The van der Waals surface area contributed by atoms with Crippen LogP contribution < -0.4 is 4.90 Å². The van der Waals surface area contributed by atoms with Crippen molar-refractivity contribution in [3.63, 3.8) is 0 Å². The number of phenolic OH excluding ortho intramolecular Hbond substituents is 1. The normalized spacial score (nSPS) is 14.5. The fourth-order valence-corrected chi connectivity index (χ4v) is 4.13. The quantitative estimate of drug-likeness (QED) is 0.410. The summed E-state index contributed by atoms with van der Waals surface area (Å²) in [5.41, 5.74) is 3.91. The van der Waals surface area contributed by atoms with Gasteiger partial charge in [-0.3, -0.25) is 5.10 Å². The average molecular weight is 450 g/mol. The zero-order chi connectivity index (χ0) is 22.9. The molecule has 33 heavy (non-hydrogen) atoms. The summed E-state index contributed by atoms with van der Waals surface area (Å²) in [7, 11) is 4.03. The molecule has 1 aliphatic rings. The Morgan fingerprint density at radius 1 is 1.03 bits per heavy atom. The predicted octanol–water partition coefficient (Wildman–Crippen LogP) is 2.16. The van der Waals surface area contributed by atoms with Crippen LogP contribution in [0.5, 0.6) is 11.8 Å². The molecule has 0 aliphatic carbocycles. The van der Waals surface area contributed by atoms with Gasteiger partial charge in [0.05, 0.1) is 35.7 Å². The molecule has 0 unspecified atom stereocenters. The number of benzene rings is 2. The van der Waals surface area contributed by atoms with Gasteiger partial charge in [-0.1, -0.05) is 5.10 Å². The molecule has 0 atom stereocenters. The first-order chi connectivity index (χ1) is 16.0. The van der Waals surface area contributed by atoms with Crippen molar-refractivity contribution in [1.29, 1.82) is 0 Å². The highest BCUT2D eigenvalue weighted by atomic mass is 16.5. The van der Waals surface area contributed by atoms with Crippen LogP contribution in [0.2, 0.25) is 0 Å². The summed E-state index contributed by atoms with van der Waals surface area (Å²) in [6, 6.07) is 11.1. The molecular weight excluding hydrogens is 422 g/mol. The van der Waals surface area contributed by atoms with Gasteiger partial charge < -0.3 is 24.7 Å². The molecule has 172 valence electrons. The average Bonchev–Trinajstić information content (AvgIpc) is 3.40. The number of ether oxygens (including phenoxy) is 1. The highest BCUT2D eigenvalue weighted by molar-refractivity contribution is 5.89. The molecule has 0 saturated carbocycles. The highest BCUT2D eigenvalue weighted by Crippen LogP contribution is 2.36. The summed E-state index contributed by atoms with van der Waals surface area (Å²) >= 11 is 0. The van der Waals surface area contributed by atoms with Gasteiger partial charge in [0.2, 0.25) is 0 Å². The Hall–Kier alpha value is -3.63. The lowest BCUT2D eigenvalue weighted by molar-refractivity contribution is 0.122. The van der Waals surface area contributed by atoms with E-state index in [1.54, 1.807) is 6.07 Å². The molecule has 5 rings (SSSR count). The monoisotopic (exact) mass is 449 g/mol. The summed E-state index contributed by atoms with van der Waals surface area (Å²) in [5.74, 6) is 0.384. The summed E-state index contributed by atoms with van der Waals surface area (Å²) < 4.78 is 6.96. The largest absolute Gasteiger partial charge is 0.507 e. The number of aromatic amines is 1. The summed E-state index contributed by atoms with van der Waals surface area (Å²) in [5, 5.41) is 37.6. The number of aromatic hydroxyl groups is 2. The number of morpholine rings is 1. The van der Waals surface area contributed by atoms with E-state index >= 15 is 0 Å². The number of nitrogens with zero attached hydrogens (tertiary/aromatic N) is 6. The molecule has 0 radical (unpaired) electrons. The van der Waals surface area contributed by atoms with Crippen molar-refractivity contribution >= 4 is 16.6 Å². The van der Waals surface area contributed by atoms with E-state index in [0.29, 0.717) is 30.3 Å². The molecule has 2 aromatic heterocycles. The number of hydrogen-bond acceptors (Lipinski definition) is 8. The van der Waals surface area contributed by atoms with Gasteiger partial charge in [-0.05, 0) is 44.4 Å². The molecule has 0 bridgehead atoms. The fraction of sp³-hybridized carbons (Fsp3) is 0.348. The zero-order valence-corrected chi connectivity index (χ0v) is 18.7. The summed E-state index contributed by atoms with van der Waals surface area (Å²) in [6.07, 6.45) is 0.762. The van der Waals surface area contributed by atoms with E-state index in [0.717, 1.165) is 48.3 Å². The van der Waals surface area contributed by atoms with Crippen molar-refractivity contribution in [2.75, 3.05) is 51.8 Å². The number of H-pyrrole nitrogens is 1. The standard InChI is InChI=1S/C23H27N7O3/c1-28(2)8-7-19-17-13-18(21(31)14-20(17)25-24-19)22-26-27-23(32)30(22)16-5-3-15(4-6-16)29-9-11-33-12-10-29/h3-6,13-14,31H,7-12H2,1-2H3,(H,24,25)(H,27,32). The number of rotatable bonds is 6. The van der Waals surface area contributed by atoms with Crippen LogP contribution in [0, 0.1) is 0 Å². The Kier molecular flexibility index (Phi) is 5.61. The fourth-order valence-electron chi connectivity index (χ4n) is 4.13. The van der Waals surface area contributed by atoms with Crippen LogP contribution in [0.15, 0.2) is 36.4 Å². The van der Waals surface area contributed by atoms with Crippen LogP contribution >= 0.6 is 0 Å². The van der Waals surface area contributed by atoms with Crippen LogP contribution in [0.3, 0.4) is 0 Å². The van der Waals surface area contributed by atoms with Crippen molar-refractivity contribution in [3.05, 3.63) is 42.1 Å². The maximum absolute atomic E-state index is 10.7. The first-order valence-electron chi connectivity index (χ1n) is 10.9. The van der Waals surface area contributed by atoms with E-state index in [-0.39, 0.29) is 11.8 Å². The topological polar surface area (TPSA) is 116 Å². The number of aromatic nitrogens is 5.